The summed E-state index contributed by atoms with van der Waals surface area (Å²) >= 11 is 7.64. The number of hydrogen-bond donors (Lipinski definition) is 0. The van der Waals surface area contributed by atoms with Crippen molar-refractivity contribution in [2.45, 2.75) is 20.0 Å². The van der Waals surface area contributed by atoms with Gasteiger partial charge in [0.2, 0.25) is 5.88 Å². The van der Waals surface area contributed by atoms with E-state index in [4.69, 9.17) is 21.1 Å². The Morgan fingerprint density at radius 1 is 1.37 bits per heavy atom. The molecule has 6 heteroatoms. The topological polar surface area (TPSA) is 44.2 Å². The first kappa shape index (κ1) is 14.2. The van der Waals surface area contributed by atoms with Crippen molar-refractivity contribution in [2.24, 2.45) is 0 Å². The van der Waals surface area contributed by atoms with Gasteiger partial charge in [-0.15, -0.1) is 11.3 Å². The summed E-state index contributed by atoms with van der Waals surface area (Å²) in [7, 11) is 0. The molecule has 19 heavy (non-hydrogen) atoms. The minimum absolute atomic E-state index is 0.346. The summed E-state index contributed by atoms with van der Waals surface area (Å²) in [6.07, 6.45) is 0.861. The summed E-state index contributed by atoms with van der Waals surface area (Å²) in [5.74, 6) is 1.03. The largest absolute Gasteiger partial charge is 0.477 e. The van der Waals surface area contributed by atoms with E-state index >= 15 is 0 Å². The zero-order valence-corrected chi connectivity index (χ0v) is 12.2. The number of thiophene rings is 1. The van der Waals surface area contributed by atoms with Crippen LogP contribution < -0.4 is 4.74 Å². The van der Waals surface area contributed by atoms with Gasteiger partial charge in [-0.05, 0) is 18.4 Å². The molecule has 0 fully saturated rings. The van der Waals surface area contributed by atoms with Crippen LogP contribution >= 0.6 is 22.9 Å². The zero-order chi connectivity index (χ0) is 13.5. The highest BCUT2D eigenvalue weighted by Gasteiger charge is 2.05. The third kappa shape index (κ3) is 4.78. The smallest absolute Gasteiger partial charge is 0.218 e. The Hall–Kier alpha value is -1.17. The molecule has 0 N–H and O–H groups in total. The van der Waals surface area contributed by atoms with Crippen molar-refractivity contribution in [1.82, 2.24) is 9.97 Å². The average Bonchev–Trinajstić information content (AvgIpc) is 2.89. The van der Waals surface area contributed by atoms with Crippen LogP contribution in [0.15, 0.2) is 23.6 Å². The first-order valence-electron chi connectivity index (χ1n) is 6.04. The SMILES string of the molecule is CCOCc1nc(Cl)cc(OCCc2cccs2)n1. The molecule has 2 aromatic rings. The average molecular weight is 299 g/mol. The van der Waals surface area contributed by atoms with Crippen LogP contribution in [0.1, 0.15) is 17.6 Å². The predicted molar refractivity (Wildman–Crippen MR) is 75.9 cm³/mol. The fraction of sp³-hybridized carbons (Fsp3) is 0.385. The van der Waals surface area contributed by atoms with Crippen LogP contribution in [0.5, 0.6) is 5.88 Å². The summed E-state index contributed by atoms with van der Waals surface area (Å²) in [5.41, 5.74) is 0. The van der Waals surface area contributed by atoms with Crippen LogP contribution in [-0.2, 0) is 17.8 Å². The highest BCUT2D eigenvalue weighted by molar-refractivity contribution is 7.09. The van der Waals surface area contributed by atoms with E-state index in [1.54, 1.807) is 17.4 Å². The Morgan fingerprint density at radius 2 is 2.26 bits per heavy atom. The van der Waals surface area contributed by atoms with Crippen molar-refractivity contribution in [3.8, 4) is 5.88 Å². The number of hydrogen-bond acceptors (Lipinski definition) is 5. The maximum Gasteiger partial charge on any atom is 0.218 e. The quantitative estimate of drug-likeness (QED) is 0.735. The van der Waals surface area contributed by atoms with E-state index in [2.05, 4.69) is 21.4 Å². The fourth-order valence-corrected chi connectivity index (χ4v) is 2.37. The van der Waals surface area contributed by atoms with Crippen molar-refractivity contribution < 1.29 is 9.47 Å². The number of rotatable bonds is 7. The predicted octanol–water partition coefficient (Wildman–Crippen LogP) is 3.35. The first-order chi connectivity index (χ1) is 9.28. The molecule has 0 aliphatic rings. The van der Waals surface area contributed by atoms with Crippen LogP contribution in [0.2, 0.25) is 5.15 Å². The molecule has 4 nitrogen and oxygen atoms in total. The highest BCUT2D eigenvalue weighted by Crippen LogP contribution is 2.15. The van der Waals surface area contributed by atoms with Gasteiger partial charge in [0.05, 0.1) is 6.61 Å². The summed E-state index contributed by atoms with van der Waals surface area (Å²) in [6, 6.07) is 5.73. The number of nitrogens with zero attached hydrogens (tertiary/aromatic N) is 2. The van der Waals surface area contributed by atoms with Crippen LogP contribution in [0.25, 0.3) is 0 Å². The maximum atomic E-state index is 5.92. The van der Waals surface area contributed by atoms with E-state index < -0.39 is 0 Å². The molecule has 0 amide bonds. The van der Waals surface area contributed by atoms with Crippen molar-refractivity contribution in [1.29, 1.82) is 0 Å². The Bertz CT molecular complexity index is 505. The molecule has 2 rings (SSSR count). The van der Waals surface area contributed by atoms with E-state index in [0.717, 1.165) is 6.42 Å². The molecule has 0 bridgehead atoms. The molecular weight excluding hydrogens is 284 g/mol. The fourth-order valence-electron chi connectivity index (χ4n) is 1.48. The Labute approximate surface area is 121 Å². The second-order valence-electron chi connectivity index (χ2n) is 3.76. The molecule has 0 unspecified atom stereocenters. The standard InChI is InChI=1S/C13H15ClN2O2S/c1-2-17-9-12-15-11(14)8-13(16-12)18-6-5-10-4-3-7-19-10/h3-4,7-8H,2,5-6,9H2,1H3. The number of aromatic nitrogens is 2. The molecule has 0 aromatic carbocycles. The highest BCUT2D eigenvalue weighted by atomic mass is 35.5. The molecule has 0 aliphatic heterocycles. The van der Waals surface area contributed by atoms with Gasteiger partial charge in [0.1, 0.15) is 11.8 Å². The second-order valence-corrected chi connectivity index (χ2v) is 5.18. The third-order valence-electron chi connectivity index (χ3n) is 2.33. The number of halogens is 1. The third-order valence-corrected chi connectivity index (χ3v) is 3.46. The van der Waals surface area contributed by atoms with Gasteiger partial charge in [-0.3, -0.25) is 0 Å². The Balaban J connectivity index is 1.90. The van der Waals surface area contributed by atoms with Gasteiger partial charge >= 0.3 is 0 Å². The molecule has 2 aromatic heterocycles. The Kier molecular flexibility index (Phi) is 5.57. The van der Waals surface area contributed by atoms with Crippen LogP contribution in [0.3, 0.4) is 0 Å². The van der Waals surface area contributed by atoms with Gasteiger partial charge in [0.15, 0.2) is 5.82 Å². The van der Waals surface area contributed by atoms with E-state index in [-0.39, 0.29) is 0 Å². The first-order valence-corrected chi connectivity index (χ1v) is 7.30. The van der Waals surface area contributed by atoms with Gasteiger partial charge < -0.3 is 9.47 Å². The minimum atomic E-state index is 0.346. The lowest BCUT2D eigenvalue weighted by Crippen LogP contribution is -2.05. The van der Waals surface area contributed by atoms with Crippen molar-refractivity contribution in [3.05, 3.63) is 39.4 Å². The summed E-state index contributed by atoms with van der Waals surface area (Å²) < 4.78 is 10.9. The van der Waals surface area contributed by atoms with Crippen molar-refractivity contribution in [2.75, 3.05) is 13.2 Å². The Morgan fingerprint density at radius 3 is 3.00 bits per heavy atom. The molecule has 0 atom stereocenters. The molecular formula is C13H15ClN2O2S. The summed E-state index contributed by atoms with van der Waals surface area (Å²) in [6.45, 7) is 3.45. The lowest BCUT2D eigenvalue weighted by molar-refractivity contribution is 0.127. The monoisotopic (exact) mass is 298 g/mol. The van der Waals surface area contributed by atoms with Crippen molar-refractivity contribution in [3.63, 3.8) is 0 Å². The van der Waals surface area contributed by atoms with Gasteiger partial charge in [-0.25, -0.2) is 4.98 Å². The molecule has 0 spiro atoms. The van der Waals surface area contributed by atoms with Gasteiger partial charge in [0.25, 0.3) is 0 Å². The van der Waals surface area contributed by atoms with Crippen LogP contribution in [-0.4, -0.2) is 23.2 Å². The minimum Gasteiger partial charge on any atom is -0.477 e. The normalized spacial score (nSPS) is 10.6. The van der Waals surface area contributed by atoms with Gasteiger partial charge in [-0.2, -0.15) is 4.98 Å². The lowest BCUT2D eigenvalue weighted by Gasteiger charge is -2.07. The second kappa shape index (κ2) is 7.43. The van der Waals surface area contributed by atoms with Crippen LogP contribution in [0, 0.1) is 0 Å². The summed E-state index contributed by atoms with van der Waals surface area (Å²) in [4.78, 5) is 9.62. The van der Waals surface area contributed by atoms with Gasteiger partial charge in [0, 0.05) is 24.0 Å². The maximum absolute atomic E-state index is 5.92. The van der Waals surface area contributed by atoms with E-state index in [9.17, 15) is 0 Å². The molecule has 0 radical (unpaired) electrons. The van der Waals surface area contributed by atoms with Crippen LogP contribution in [0.4, 0.5) is 0 Å². The molecule has 0 saturated carbocycles. The van der Waals surface area contributed by atoms with Crippen molar-refractivity contribution >= 4 is 22.9 Å². The molecule has 102 valence electrons. The lowest BCUT2D eigenvalue weighted by atomic mass is 10.4. The van der Waals surface area contributed by atoms with E-state index in [1.165, 1.54) is 4.88 Å². The van der Waals surface area contributed by atoms with E-state index in [1.807, 2.05) is 13.0 Å². The van der Waals surface area contributed by atoms with E-state index in [0.29, 0.717) is 36.7 Å². The molecule has 2 heterocycles. The molecule has 0 saturated heterocycles. The van der Waals surface area contributed by atoms with Gasteiger partial charge in [-0.1, -0.05) is 17.7 Å². The molecule has 0 aliphatic carbocycles. The zero-order valence-electron chi connectivity index (χ0n) is 10.6. The number of ether oxygens (including phenoxy) is 2. The summed E-state index contributed by atoms with van der Waals surface area (Å²) in [5, 5.41) is 2.42.